The molecule has 1 aliphatic heterocycles. The number of aromatic nitrogens is 2. The van der Waals surface area contributed by atoms with Crippen LogP contribution in [-0.4, -0.2) is 54.8 Å². The molecule has 3 aromatic rings. The third kappa shape index (κ3) is 4.86. The molecule has 2 aromatic carbocycles. The minimum Gasteiger partial charge on any atom is -0.353 e. The number of nitrogens with zero attached hydrogens (tertiary/aromatic N) is 4. The van der Waals surface area contributed by atoms with Crippen molar-refractivity contribution in [2.75, 3.05) is 36.4 Å². The summed E-state index contributed by atoms with van der Waals surface area (Å²) in [5.74, 6) is 0.508. The van der Waals surface area contributed by atoms with Gasteiger partial charge < -0.3 is 10.2 Å². The lowest BCUT2D eigenvalue weighted by Crippen LogP contribution is -2.48. The van der Waals surface area contributed by atoms with Crippen LogP contribution >= 0.6 is 22.6 Å². The highest BCUT2D eigenvalue weighted by Gasteiger charge is 2.29. The Morgan fingerprint density at radius 1 is 0.968 bits per heavy atom. The second-order valence-electron chi connectivity index (χ2n) is 6.91. The molecule has 1 saturated heterocycles. The quantitative estimate of drug-likeness (QED) is 0.492. The van der Waals surface area contributed by atoms with Crippen LogP contribution in [0.15, 0.2) is 72.0 Å². The van der Waals surface area contributed by atoms with Crippen LogP contribution in [0.5, 0.6) is 0 Å². The highest BCUT2D eigenvalue weighted by Crippen LogP contribution is 2.22. The molecule has 8 nitrogen and oxygen atoms in total. The Morgan fingerprint density at radius 2 is 1.68 bits per heavy atom. The largest absolute Gasteiger partial charge is 0.353 e. The van der Waals surface area contributed by atoms with Gasteiger partial charge in [-0.2, -0.15) is 4.31 Å². The smallest absolute Gasteiger partial charge is 0.256 e. The third-order valence-electron chi connectivity index (χ3n) is 4.98. The lowest BCUT2D eigenvalue weighted by Gasteiger charge is -2.34. The van der Waals surface area contributed by atoms with Gasteiger partial charge in [0.15, 0.2) is 0 Å². The summed E-state index contributed by atoms with van der Waals surface area (Å²) in [5.41, 5.74) is 1.11. The second kappa shape index (κ2) is 9.28. The Hall–Kier alpha value is -2.57. The molecule has 0 radical (unpaired) electrons. The molecule has 1 amide bonds. The molecule has 31 heavy (non-hydrogen) atoms. The van der Waals surface area contributed by atoms with E-state index in [1.807, 2.05) is 17.0 Å². The van der Waals surface area contributed by atoms with Crippen molar-refractivity contribution in [3.63, 3.8) is 0 Å². The molecular formula is C21H20IN5O3S. The molecule has 4 rings (SSSR count). The van der Waals surface area contributed by atoms with Gasteiger partial charge in [0.1, 0.15) is 5.82 Å². The van der Waals surface area contributed by atoms with Crippen molar-refractivity contribution in [2.45, 2.75) is 4.90 Å². The third-order valence-corrected chi connectivity index (χ3v) is 7.83. The SMILES string of the molecule is O=C(Nc1ccc(S(=O)(=O)N2CCN(c3cnccn3)CC2)cc1)c1ccccc1I. The zero-order valence-corrected chi connectivity index (χ0v) is 19.5. The highest BCUT2D eigenvalue weighted by atomic mass is 127. The molecule has 0 bridgehead atoms. The van der Waals surface area contributed by atoms with Crippen LogP contribution in [0.4, 0.5) is 11.5 Å². The minimum absolute atomic E-state index is 0.202. The number of amides is 1. The van der Waals surface area contributed by atoms with E-state index >= 15 is 0 Å². The monoisotopic (exact) mass is 549 g/mol. The van der Waals surface area contributed by atoms with Gasteiger partial charge in [0.25, 0.3) is 5.91 Å². The van der Waals surface area contributed by atoms with Crippen LogP contribution in [0.2, 0.25) is 0 Å². The van der Waals surface area contributed by atoms with E-state index < -0.39 is 10.0 Å². The summed E-state index contributed by atoms with van der Waals surface area (Å²) in [6, 6.07) is 13.5. The number of carbonyl (C=O) groups excluding carboxylic acids is 1. The fraction of sp³-hybridized carbons (Fsp3) is 0.190. The molecule has 1 N–H and O–H groups in total. The lowest BCUT2D eigenvalue weighted by molar-refractivity contribution is 0.102. The Balaban J connectivity index is 1.41. The maximum atomic E-state index is 13.0. The Kier molecular flexibility index (Phi) is 6.49. The molecule has 1 fully saturated rings. The van der Waals surface area contributed by atoms with E-state index in [-0.39, 0.29) is 10.8 Å². The number of hydrogen-bond donors (Lipinski definition) is 1. The van der Waals surface area contributed by atoms with Crippen LogP contribution in [0.25, 0.3) is 0 Å². The fourth-order valence-electron chi connectivity index (χ4n) is 3.32. The number of halogens is 1. The number of benzene rings is 2. The zero-order chi connectivity index (χ0) is 21.8. The van der Waals surface area contributed by atoms with E-state index in [0.29, 0.717) is 37.4 Å². The van der Waals surface area contributed by atoms with Crippen molar-refractivity contribution >= 4 is 50.0 Å². The van der Waals surface area contributed by atoms with Gasteiger partial charge >= 0.3 is 0 Å². The number of nitrogens with one attached hydrogen (secondary N) is 1. The van der Waals surface area contributed by atoms with Crippen LogP contribution in [-0.2, 0) is 10.0 Å². The predicted molar refractivity (Wildman–Crippen MR) is 127 cm³/mol. The number of rotatable bonds is 5. The zero-order valence-electron chi connectivity index (χ0n) is 16.5. The molecule has 10 heteroatoms. The minimum atomic E-state index is -3.62. The molecule has 0 aliphatic carbocycles. The standard InChI is InChI=1S/C21H20IN5O3S/c22-19-4-2-1-3-18(19)21(28)25-16-5-7-17(8-6-16)31(29,30)27-13-11-26(12-14-27)20-15-23-9-10-24-20/h1-10,15H,11-14H2,(H,25,28). The van der Waals surface area contributed by atoms with Gasteiger partial charge in [-0.1, -0.05) is 12.1 Å². The Morgan fingerprint density at radius 3 is 2.32 bits per heavy atom. The number of piperazine rings is 1. The number of sulfonamides is 1. The second-order valence-corrected chi connectivity index (χ2v) is 10.0. The number of anilines is 2. The fourth-order valence-corrected chi connectivity index (χ4v) is 5.37. The van der Waals surface area contributed by atoms with E-state index in [9.17, 15) is 13.2 Å². The van der Waals surface area contributed by atoms with E-state index in [1.165, 1.54) is 16.4 Å². The summed E-state index contributed by atoms with van der Waals surface area (Å²) in [6.45, 7) is 1.82. The maximum Gasteiger partial charge on any atom is 0.256 e. The van der Waals surface area contributed by atoms with Gasteiger partial charge in [-0.05, 0) is 59.0 Å². The van der Waals surface area contributed by atoms with Crippen LogP contribution in [0.1, 0.15) is 10.4 Å². The van der Waals surface area contributed by atoms with Crippen molar-refractivity contribution < 1.29 is 13.2 Å². The summed E-state index contributed by atoms with van der Waals surface area (Å²) >= 11 is 2.11. The van der Waals surface area contributed by atoms with Gasteiger partial charge in [-0.25, -0.2) is 13.4 Å². The summed E-state index contributed by atoms with van der Waals surface area (Å²) in [4.78, 5) is 23.0. The first-order valence-electron chi connectivity index (χ1n) is 9.62. The Bertz CT molecular complexity index is 1170. The molecular weight excluding hydrogens is 529 g/mol. The van der Waals surface area contributed by atoms with Crippen molar-refractivity contribution in [2.24, 2.45) is 0 Å². The summed E-state index contributed by atoms with van der Waals surface area (Å²) in [6.07, 6.45) is 4.90. The maximum absolute atomic E-state index is 13.0. The van der Waals surface area contributed by atoms with Crippen molar-refractivity contribution in [3.8, 4) is 0 Å². The average molecular weight is 549 g/mol. The average Bonchev–Trinajstić information content (AvgIpc) is 2.80. The van der Waals surface area contributed by atoms with E-state index in [1.54, 1.807) is 42.9 Å². The van der Waals surface area contributed by atoms with Crippen LogP contribution in [0, 0.1) is 3.57 Å². The van der Waals surface area contributed by atoms with E-state index in [4.69, 9.17) is 0 Å². The normalized spacial score (nSPS) is 14.9. The molecule has 0 atom stereocenters. The van der Waals surface area contributed by atoms with Gasteiger partial charge in [-0.3, -0.25) is 9.78 Å². The van der Waals surface area contributed by atoms with Crippen LogP contribution < -0.4 is 10.2 Å². The molecule has 0 spiro atoms. The Labute approximate surface area is 194 Å². The molecule has 2 heterocycles. The first-order chi connectivity index (χ1) is 14.9. The summed E-state index contributed by atoms with van der Waals surface area (Å²) in [7, 11) is -3.62. The molecule has 1 aromatic heterocycles. The van der Waals surface area contributed by atoms with E-state index in [2.05, 4.69) is 37.9 Å². The molecule has 0 unspecified atom stereocenters. The predicted octanol–water partition coefficient (Wildman–Crippen LogP) is 2.84. The van der Waals surface area contributed by atoms with Gasteiger partial charge in [-0.15, -0.1) is 0 Å². The topological polar surface area (TPSA) is 95.5 Å². The van der Waals surface area contributed by atoms with Crippen molar-refractivity contribution in [3.05, 3.63) is 76.3 Å². The number of hydrogen-bond acceptors (Lipinski definition) is 6. The molecule has 160 valence electrons. The highest BCUT2D eigenvalue weighted by molar-refractivity contribution is 14.1. The van der Waals surface area contributed by atoms with Gasteiger partial charge in [0.05, 0.1) is 16.7 Å². The van der Waals surface area contributed by atoms with E-state index in [0.717, 1.165) is 9.39 Å². The summed E-state index contributed by atoms with van der Waals surface area (Å²) in [5, 5.41) is 2.81. The first kappa shape index (κ1) is 21.7. The van der Waals surface area contributed by atoms with Crippen molar-refractivity contribution in [1.29, 1.82) is 0 Å². The van der Waals surface area contributed by atoms with Gasteiger partial charge in [0, 0.05) is 47.8 Å². The number of carbonyl (C=O) groups is 1. The molecule has 1 aliphatic rings. The van der Waals surface area contributed by atoms with Crippen LogP contribution in [0.3, 0.4) is 0 Å². The van der Waals surface area contributed by atoms with Crippen molar-refractivity contribution in [1.82, 2.24) is 14.3 Å². The lowest BCUT2D eigenvalue weighted by atomic mass is 10.2. The first-order valence-corrected chi connectivity index (χ1v) is 12.1. The molecule has 0 saturated carbocycles. The summed E-state index contributed by atoms with van der Waals surface area (Å²) < 4.78 is 28.4. The van der Waals surface area contributed by atoms with Gasteiger partial charge in [0.2, 0.25) is 10.0 Å².